The third-order valence-electron chi connectivity index (χ3n) is 3.32. The molecule has 98 valence electrons. The Labute approximate surface area is 101 Å². The van der Waals surface area contributed by atoms with Crippen molar-refractivity contribution in [3.63, 3.8) is 0 Å². The fourth-order valence-electron chi connectivity index (χ4n) is 2.25. The van der Waals surface area contributed by atoms with Crippen LogP contribution in [0.1, 0.15) is 20.8 Å². The van der Waals surface area contributed by atoms with Gasteiger partial charge in [0.1, 0.15) is 30.0 Å². The highest BCUT2D eigenvalue weighted by molar-refractivity contribution is 5.16. The lowest BCUT2D eigenvalue weighted by Crippen LogP contribution is -2.41. The van der Waals surface area contributed by atoms with Crippen molar-refractivity contribution in [3.05, 3.63) is 12.7 Å². The van der Waals surface area contributed by atoms with Crippen molar-refractivity contribution in [2.75, 3.05) is 6.61 Å². The van der Waals surface area contributed by atoms with Crippen molar-refractivity contribution >= 4 is 0 Å². The summed E-state index contributed by atoms with van der Waals surface area (Å²) < 4.78 is 16.9. The molecule has 17 heavy (non-hydrogen) atoms. The molecule has 0 spiro atoms. The Balaban J connectivity index is 2.12. The average molecular weight is 244 g/mol. The maximum absolute atomic E-state index is 9.74. The summed E-state index contributed by atoms with van der Waals surface area (Å²) in [5.41, 5.74) is -0.429. The third kappa shape index (κ3) is 2.26. The molecular weight excluding hydrogens is 224 g/mol. The molecule has 5 heteroatoms. The molecule has 0 bridgehead atoms. The number of ether oxygens (including phenoxy) is 3. The minimum absolute atomic E-state index is 0.187. The molecule has 2 N–H and O–H groups in total. The Bertz CT molecular complexity index is 316. The van der Waals surface area contributed by atoms with Gasteiger partial charge in [-0.3, -0.25) is 0 Å². The van der Waals surface area contributed by atoms with E-state index in [0.717, 1.165) is 0 Å². The molecule has 0 amide bonds. The van der Waals surface area contributed by atoms with Gasteiger partial charge in [0.25, 0.3) is 0 Å². The van der Waals surface area contributed by atoms with Crippen LogP contribution in [0, 0.1) is 0 Å². The van der Waals surface area contributed by atoms with E-state index in [9.17, 15) is 5.11 Å². The van der Waals surface area contributed by atoms with Crippen LogP contribution < -0.4 is 0 Å². The van der Waals surface area contributed by atoms with E-state index in [0.29, 0.717) is 0 Å². The van der Waals surface area contributed by atoms with Gasteiger partial charge in [0.15, 0.2) is 5.79 Å². The Morgan fingerprint density at radius 1 is 1.29 bits per heavy atom. The van der Waals surface area contributed by atoms with Gasteiger partial charge in [-0.15, -0.1) is 6.58 Å². The Morgan fingerprint density at radius 3 is 2.41 bits per heavy atom. The van der Waals surface area contributed by atoms with Gasteiger partial charge in [0.2, 0.25) is 0 Å². The molecule has 2 heterocycles. The molecule has 2 saturated heterocycles. The summed E-state index contributed by atoms with van der Waals surface area (Å²) in [6, 6.07) is 0. The van der Waals surface area contributed by atoms with Gasteiger partial charge in [-0.1, -0.05) is 6.08 Å². The molecule has 5 atom stereocenters. The summed E-state index contributed by atoms with van der Waals surface area (Å²) in [5.74, 6) is -0.778. The van der Waals surface area contributed by atoms with Gasteiger partial charge < -0.3 is 24.4 Å². The topological polar surface area (TPSA) is 71.5 Å². The SMILES string of the molecule is C=C[C@@]1(C)O[C@@H]1[C@@H]1OC(C)(C)O[C@@H]1[C@H](O)CO. The highest BCUT2D eigenvalue weighted by Crippen LogP contribution is 2.46. The summed E-state index contributed by atoms with van der Waals surface area (Å²) in [6.07, 6.45) is -0.417. The van der Waals surface area contributed by atoms with Gasteiger partial charge in [-0.2, -0.15) is 0 Å². The van der Waals surface area contributed by atoms with E-state index >= 15 is 0 Å². The summed E-state index contributed by atoms with van der Waals surface area (Å²) in [5, 5.41) is 18.8. The number of rotatable bonds is 4. The summed E-state index contributed by atoms with van der Waals surface area (Å²) in [7, 11) is 0. The minimum Gasteiger partial charge on any atom is -0.394 e. The molecule has 0 radical (unpaired) electrons. The van der Waals surface area contributed by atoms with Crippen LogP contribution in [-0.2, 0) is 14.2 Å². The minimum atomic E-state index is -0.972. The Kier molecular flexibility index (Phi) is 3.08. The monoisotopic (exact) mass is 244 g/mol. The predicted molar refractivity (Wildman–Crippen MR) is 60.4 cm³/mol. The van der Waals surface area contributed by atoms with Crippen LogP contribution in [0.4, 0.5) is 0 Å². The molecule has 0 aromatic heterocycles. The summed E-state index contributed by atoms with van der Waals surface area (Å²) in [6.45, 7) is 8.80. The van der Waals surface area contributed by atoms with Crippen LogP contribution in [0.2, 0.25) is 0 Å². The van der Waals surface area contributed by atoms with Crippen molar-refractivity contribution in [2.45, 2.75) is 56.6 Å². The molecule has 0 aromatic rings. The Morgan fingerprint density at radius 2 is 1.94 bits per heavy atom. The fourth-order valence-corrected chi connectivity index (χ4v) is 2.25. The van der Waals surface area contributed by atoms with Crippen LogP contribution in [0.5, 0.6) is 0 Å². The first-order valence-corrected chi connectivity index (χ1v) is 5.79. The quantitative estimate of drug-likeness (QED) is 0.546. The van der Waals surface area contributed by atoms with Crippen molar-refractivity contribution in [1.29, 1.82) is 0 Å². The second-order valence-electron chi connectivity index (χ2n) is 5.24. The number of hydrogen-bond acceptors (Lipinski definition) is 5. The Hall–Kier alpha value is -0.460. The highest BCUT2D eigenvalue weighted by Gasteiger charge is 2.62. The van der Waals surface area contributed by atoms with Crippen LogP contribution in [0.15, 0.2) is 12.7 Å². The molecule has 5 nitrogen and oxygen atoms in total. The molecule has 2 rings (SSSR count). The molecule has 2 aliphatic rings. The predicted octanol–water partition coefficient (Wildman–Crippen LogP) is 0.203. The van der Waals surface area contributed by atoms with Gasteiger partial charge >= 0.3 is 0 Å². The summed E-state index contributed by atoms with van der Waals surface area (Å²) >= 11 is 0. The zero-order valence-corrected chi connectivity index (χ0v) is 10.4. The van der Waals surface area contributed by atoms with Crippen molar-refractivity contribution < 1.29 is 24.4 Å². The molecule has 2 fully saturated rings. The fraction of sp³-hybridized carbons (Fsp3) is 0.833. The van der Waals surface area contributed by atoms with Gasteiger partial charge in [0.05, 0.1) is 6.61 Å². The number of hydrogen-bond donors (Lipinski definition) is 2. The van der Waals surface area contributed by atoms with Gasteiger partial charge in [0, 0.05) is 0 Å². The number of aliphatic hydroxyl groups excluding tert-OH is 2. The first-order valence-electron chi connectivity index (χ1n) is 5.79. The van der Waals surface area contributed by atoms with Crippen molar-refractivity contribution in [2.24, 2.45) is 0 Å². The third-order valence-corrected chi connectivity index (χ3v) is 3.32. The van der Waals surface area contributed by atoms with E-state index in [1.54, 1.807) is 19.9 Å². The van der Waals surface area contributed by atoms with Crippen LogP contribution in [0.3, 0.4) is 0 Å². The average Bonchev–Trinajstić information content (AvgIpc) is 2.84. The smallest absolute Gasteiger partial charge is 0.164 e. The molecule has 0 saturated carbocycles. The van der Waals surface area contributed by atoms with Crippen LogP contribution in [-0.4, -0.2) is 52.6 Å². The first-order chi connectivity index (χ1) is 7.83. The zero-order chi connectivity index (χ0) is 12.8. The van der Waals surface area contributed by atoms with Crippen LogP contribution in [0.25, 0.3) is 0 Å². The molecule has 2 aliphatic heterocycles. The van der Waals surface area contributed by atoms with E-state index in [1.807, 2.05) is 6.92 Å². The van der Waals surface area contributed by atoms with Crippen molar-refractivity contribution in [1.82, 2.24) is 0 Å². The lowest BCUT2D eigenvalue weighted by atomic mass is 9.98. The van der Waals surface area contributed by atoms with E-state index in [1.165, 1.54) is 0 Å². The molecule has 0 aliphatic carbocycles. The maximum Gasteiger partial charge on any atom is 0.164 e. The molecule has 0 unspecified atom stereocenters. The lowest BCUT2D eigenvalue weighted by molar-refractivity contribution is -0.158. The van der Waals surface area contributed by atoms with Gasteiger partial charge in [-0.25, -0.2) is 0 Å². The normalized spacial score (nSPS) is 45.6. The second-order valence-corrected chi connectivity index (χ2v) is 5.24. The molecule has 0 aromatic carbocycles. The second kappa shape index (κ2) is 4.03. The van der Waals surface area contributed by atoms with E-state index in [-0.39, 0.29) is 12.7 Å². The summed E-state index contributed by atoms with van der Waals surface area (Å²) in [4.78, 5) is 0. The van der Waals surface area contributed by atoms with E-state index in [4.69, 9.17) is 19.3 Å². The largest absolute Gasteiger partial charge is 0.394 e. The zero-order valence-electron chi connectivity index (χ0n) is 10.4. The van der Waals surface area contributed by atoms with Crippen LogP contribution >= 0.6 is 0 Å². The van der Waals surface area contributed by atoms with Gasteiger partial charge in [-0.05, 0) is 20.8 Å². The van der Waals surface area contributed by atoms with E-state index < -0.39 is 29.7 Å². The number of aliphatic hydroxyl groups is 2. The molecular formula is C12H20O5. The number of epoxide rings is 1. The standard InChI is InChI=1S/C12H20O5/c1-5-12(4)10(17-12)9-8(7(14)6-13)15-11(2,3)16-9/h5,7-10,13-14H,1,6H2,2-4H3/t7-,8-,9-,10-,12-/m1/s1. The highest BCUT2D eigenvalue weighted by atomic mass is 16.8. The van der Waals surface area contributed by atoms with E-state index in [2.05, 4.69) is 6.58 Å². The maximum atomic E-state index is 9.74. The first kappa shape index (κ1) is 13.0. The van der Waals surface area contributed by atoms with Crippen molar-refractivity contribution in [3.8, 4) is 0 Å². The lowest BCUT2D eigenvalue weighted by Gasteiger charge is -2.20.